The average Bonchev–Trinajstić information content (AvgIpc) is 3.01. The maximum atomic E-state index is 11.0. The molecule has 2 fully saturated rings. The van der Waals surface area contributed by atoms with Crippen molar-refractivity contribution in [3.63, 3.8) is 0 Å². The van der Waals surface area contributed by atoms with E-state index in [0.717, 1.165) is 25.3 Å². The number of hydrogen-bond donors (Lipinski definition) is 1. The molecule has 0 saturated carbocycles. The molecule has 0 radical (unpaired) electrons. The minimum atomic E-state index is -0.366. The van der Waals surface area contributed by atoms with Crippen LogP contribution in [0, 0.1) is 22.0 Å². The predicted molar refractivity (Wildman–Crippen MR) is 76.3 cm³/mol. The van der Waals surface area contributed by atoms with E-state index in [1.165, 1.54) is 13.2 Å². The van der Waals surface area contributed by atoms with E-state index >= 15 is 0 Å². The van der Waals surface area contributed by atoms with Crippen LogP contribution in [-0.2, 0) is 0 Å². The van der Waals surface area contributed by atoms with Crippen LogP contribution in [0.5, 0.6) is 5.75 Å². The fourth-order valence-corrected chi connectivity index (χ4v) is 3.47. The Morgan fingerprint density at radius 1 is 1.40 bits per heavy atom. The van der Waals surface area contributed by atoms with Gasteiger partial charge in [0, 0.05) is 43.5 Å². The third-order valence-corrected chi connectivity index (χ3v) is 4.59. The minimum absolute atomic E-state index is 0.0849. The number of fused-ring (bicyclic) bond motifs is 1. The summed E-state index contributed by atoms with van der Waals surface area (Å²) in [5, 5.41) is 14.5. The molecular formula is C14H19N3O3. The van der Waals surface area contributed by atoms with Crippen molar-refractivity contribution >= 4 is 11.4 Å². The van der Waals surface area contributed by atoms with Gasteiger partial charge in [-0.25, -0.2) is 0 Å². The first-order valence-corrected chi connectivity index (χ1v) is 6.91. The molecule has 2 aliphatic heterocycles. The van der Waals surface area contributed by atoms with E-state index in [9.17, 15) is 10.1 Å². The van der Waals surface area contributed by atoms with Gasteiger partial charge < -0.3 is 15.0 Å². The highest BCUT2D eigenvalue weighted by atomic mass is 16.6. The third kappa shape index (κ3) is 2.10. The summed E-state index contributed by atoms with van der Waals surface area (Å²) in [5.74, 6) is 1.80. The SMILES string of the molecule is COc1cc(N2CC3CNCC3C2C)cc([N+](=O)[O-])c1. The number of nitro groups is 1. The lowest BCUT2D eigenvalue weighted by Gasteiger charge is -2.26. The maximum absolute atomic E-state index is 11.0. The second-order valence-electron chi connectivity index (χ2n) is 5.62. The van der Waals surface area contributed by atoms with Crippen LogP contribution in [-0.4, -0.2) is 37.7 Å². The van der Waals surface area contributed by atoms with Gasteiger partial charge in [-0.15, -0.1) is 0 Å². The average molecular weight is 277 g/mol. The Kier molecular flexibility index (Phi) is 3.25. The van der Waals surface area contributed by atoms with E-state index in [1.54, 1.807) is 6.07 Å². The molecule has 2 heterocycles. The Morgan fingerprint density at radius 2 is 2.20 bits per heavy atom. The van der Waals surface area contributed by atoms with Crippen LogP contribution in [0.2, 0.25) is 0 Å². The standard InChI is InChI=1S/C14H19N3O3/c1-9-14-7-15-6-10(14)8-16(9)11-3-12(17(18)19)5-13(4-11)20-2/h3-5,9-10,14-15H,6-8H2,1-2H3. The summed E-state index contributed by atoms with van der Waals surface area (Å²) >= 11 is 0. The van der Waals surface area contributed by atoms with Crippen molar-refractivity contribution < 1.29 is 9.66 Å². The molecule has 20 heavy (non-hydrogen) atoms. The van der Waals surface area contributed by atoms with E-state index in [2.05, 4.69) is 17.1 Å². The van der Waals surface area contributed by atoms with Crippen molar-refractivity contribution in [2.45, 2.75) is 13.0 Å². The Bertz CT molecular complexity index is 534. The van der Waals surface area contributed by atoms with Crippen LogP contribution < -0.4 is 15.0 Å². The summed E-state index contributed by atoms with van der Waals surface area (Å²) < 4.78 is 5.19. The van der Waals surface area contributed by atoms with Gasteiger partial charge in [0.15, 0.2) is 0 Å². The topological polar surface area (TPSA) is 67.6 Å². The van der Waals surface area contributed by atoms with Crippen molar-refractivity contribution in [1.82, 2.24) is 5.32 Å². The van der Waals surface area contributed by atoms with Crippen LogP contribution in [0.25, 0.3) is 0 Å². The number of nitrogens with one attached hydrogen (secondary N) is 1. The molecule has 6 nitrogen and oxygen atoms in total. The molecule has 1 N–H and O–H groups in total. The zero-order valence-electron chi connectivity index (χ0n) is 11.7. The number of nitro benzene ring substituents is 1. The summed E-state index contributed by atoms with van der Waals surface area (Å²) in [7, 11) is 1.54. The Morgan fingerprint density at radius 3 is 2.85 bits per heavy atom. The van der Waals surface area contributed by atoms with E-state index in [0.29, 0.717) is 23.6 Å². The van der Waals surface area contributed by atoms with Crippen LogP contribution in [0.1, 0.15) is 6.92 Å². The number of methoxy groups -OCH3 is 1. The van der Waals surface area contributed by atoms with Gasteiger partial charge in [0.2, 0.25) is 0 Å². The van der Waals surface area contributed by atoms with Gasteiger partial charge in [0.05, 0.1) is 18.1 Å². The highest BCUT2D eigenvalue weighted by Gasteiger charge is 2.42. The second-order valence-corrected chi connectivity index (χ2v) is 5.62. The Labute approximate surface area is 117 Å². The molecule has 1 aromatic carbocycles. The maximum Gasteiger partial charge on any atom is 0.275 e. The molecule has 0 bridgehead atoms. The number of non-ortho nitro benzene ring substituents is 1. The summed E-state index contributed by atoms with van der Waals surface area (Å²) in [6.45, 7) is 5.22. The quantitative estimate of drug-likeness (QED) is 0.672. The van der Waals surface area contributed by atoms with E-state index in [1.807, 2.05) is 6.07 Å². The van der Waals surface area contributed by atoms with Crippen LogP contribution in [0.15, 0.2) is 18.2 Å². The molecule has 108 valence electrons. The summed E-state index contributed by atoms with van der Waals surface area (Å²) in [6, 6.07) is 5.39. The first-order valence-electron chi connectivity index (χ1n) is 6.91. The van der Waals surface area contributed by atoms with Gasteiger partial charge in [0.1, 0.15) is 5.75 Å². The predicted octanol–water partition coefficient (Wildman–Crippen LogP) is 1.65. The monoisotopic (exact) mass is 277 g/mol. The lowest BCUT2D eigenvalue weighted by molar-refractivity contribution is -0.384. The molecule has 3 atom stereocenters. The van der Waals surface area contributed by atoms with Crippen molar-refractivity contribution in [3.05, 3.63) is 28.3 Å². The molecule has 3 unspecified atom stereocenters. The fraction of sp³-hybridized carbons (Fsp3) is 0.571. The van der Waals surface area contributed by atoms with Crippen molar-refractivity contribution in [2.75, 3.05) is 31.6 Å². The van der Waals surface area contributed by atoms with Crippen LogP contribution in [0.4, 0.5) is 11.4 Å². The van der Waals surface area contributed by atoms with E-state index in [-0.39, 0.29) is 10.6 Å². The van der Waals surface area contributed by atoms with Crippen LogP contribution in [0.3, 0.4) is 0 Å². The smallest absolute Gasteiger partial charge is 0.275 e. The van der Waals surface area contributed by atoms with E-state index in [4.69, 9.17) is 4.74 Å². The molecule has 0 aliphatic carbocycles. The largest absolute Gasteiger partial charge is 0.496 e. The summed E-state index contributed by atoms with van der Waals surface area (Å²) in [4.78, 5) is 12.9. The zero-order valence-corrected chi connectivity index (χ0v) is 11.7. The first kappa shape index (κ1) is 13.2. The van der Waals surface area contributed by atoms with Gasteiger partial charge >= 0.3 is 0 Å². The molecule has 2 saturated heterocycles. The molecule has 0 spiro atoms. The van der Waals surface area contributed by atoms with Gasteiger partial charge in [-0.1, -0.05) is 0 Å². The summed E-state index contributed by atoms with van der Waals surface area (Å²) in [6.07, 6.45) is 0. The van der Waals surface area contributed by atoms with Crippen molar-refractivity contribution in [1.29, 1.82) is 0 Å². The number of anilines is 1. The highest BCUT2D eigenvalue weighted by molar-refractivity contribution is 5.59. The molecule has 1 aromatic rings. The molecule has 2 aliphatic rings. The van der Waals surface area contributed by atoms with Crippen molar-refractivity contribution in [3.8, 4) is 5.75 Å². The second kappa shape index (κ2) is 4.94. The lowest BCUT2D eigenvalue weighted by atomic mass is 9.95. The normalized spacial score (nSPS) is 28.5. The molecular weight excluding hydrogens is 258 g/mol. The zero-order chi connectivity index (χ0) is 14.3. The third-order valence-electron chi connectivity index (χ3n) is 4.59. The number of benzene rings is 1. The molecule has 3 rings (SSSR count). The molecule has 0 aromatic heterocycles. The van der Waals surface area contributed by atoms with Gasteiger partial charge in [-0.05, 0) is 18.8 Å². The van der Waals surface area contributed by atoms with Crippen molar-refractivity contribution in [2.24, 2.45) is 11.8 Å². The Balaban J connectivity index is 1.93. The molecule has 6 heteroatoms. The van der Waals surface area contributed by atoms with Gasteiger partial charge in [-0.3, -0.25) is 10.1 Å². The summed E-state index contributed by atoms with van der Waals surface area (Å²) in [5.41, 5.74) is 0.972. The number of rotatable bonds is 3. The van der Waals surface area contributed by atoms with Crippen LogP contribution >= 0.6 is 0 Å². The first-order chi connectivity index (χ1) is 9.60. The minimum Gasteiger partial charge on any atom is -0.496 e. The van der Waals surface area contributed by atoms with Gasteiger partial charge in [0.25, 0.3) is 5.69 Å². The Hall–Kier alpha value is -1.82. The fourth-order valence-electron chi connectivity index (χ4n) is 3.47. The lowest BCUT2D eigenvalue weighted by Crippen LogP contribution is -2.33. The number of nitrogens with zero attached hydrogens (tertiary/aromatic N) is 2. The number of ether oxygens (including phenoxy) is 1. The highest BCUT2D eigenvalue weighted by Crippen LogP contribution is 2.38. The van der Waals surface area contributed by atoms with E-state index < -0.39 is 0 Å². The molecule has 0 amide bonds. The number of hydrogen-bond acceptors (Lipinski definition) is 5. The van der Waals surface area contributed by atoms with Gasteiger partial charge in [-0.2, -0.15) is 0 Å².